The minimum atomic E-state index is -0.250. The monoisotopic (exact) mass is 473 g/mol. The fraction of sp³-hybridized carbons (Fsp3) is 0.480. The van der Waals surface area contributed by atoms with Crippen LogP contribution in [-0.4, -0.2) is 84.9 Å². The Hall–Kier alpha value is -3.01. The number of carbonyl (C=O) groups is 2. The van der Waals surface area contributed by atoms with E-state index in [4.69, 9.17) is 29.3 Å². The molecule has 9 heteroatoms. The van der Waals surface area contributed by atoms with E-state index in [1.165, 1.54) is 16.7 Å². The van der Waals surface area contributed by atoms with Gasteiger partial charge >= 0.3 is 0 Å². The minimum absolute atomic E-state index is 0.121. The first-order valence-electron chi connectivity index (χ1n) is 11.3. The van der Waals surface area contributed by atoms with Crippen LogP contribution in [0.5, 0.6) is 5.75 Å². The molecule has 0 radical (unpaired) electrons. The molecule has 0 atom stereocenters. The van der Waals surface area contributed by atoms with Gasteiger partial charge in [0.05, 0.1) is 12.2 Å². The first-order chi connectivity index (χ1) is 16.5. The lowest BCUT2D eigenvalue weighted by Gasteiger charge is -2.45. The number of pyridine rings is 1. The lowest BCUT2D eigenvalue weighted by atomic mass is 9.79. The maximum absolute atomic E-state index is 8.36. The lowest BCUT2D eigenvalue weighted by Crippen LogP contribution is -2.46. The summed E-state index contributed by atoms with van der Waals surface area (Å²) in [5.41, 5.74) is 3.98. The zero-order valence-electron chi connectivity index (χ0n) is 19.9. The smallest absolute Gasteiger partial charge is 0.290 e. The van der Waals surface area contributed by atoms with Gasteiger partial charge in [-0.2, -0.15) is 0 Å². The molecule has 1 saturated heterocycles. The second kappa shape index (κ2) is 14.3. The fourth-order valence-corrected chi connectivity index (χ4v) is 4.32. The van der Waals surface area contributed by atoms with Crippen molar-refractivity contribution in [2.24, 2.45) is 0 Å². The molecule has 1 fully saturated rings. The molecule has 9 nitrogen and oxygen atoms in total. The quantitative estimate of drug-likeness (QED) is 0.611. The Balaban J connectivity index is 0.000000618. The van der Waals surface area contributed by atoms with Crippen LogP contribution >= 0.6 is 0 Å². The summed E-state index contributed by atoms with van der Waals surface area (Å²) in [7, 11) is 4.14. The number of benzene rings is 1. The van der Waals surface area contributed by atoms with Crippen LogP contribution in [0.1, 0.15) is 29.5 Å². The van der Waals surface area contributed by atoms with Crippen molar-refractivity contribution in [2.75, 3.05) is 46.9 Å². The van der Waals surface area contributed by atoms with Gasteiger partial charge in [-0.05, 0) is 74.3 Å². The predicted molar refractivity (Wildman–Crippen MR) is 128 cm³/mol. The number of piperidine rings is 1. The molecule has 4 rings (SSSR count). The number of hydrogen-bond donors (Lipinski definition) is 2. The highest BCUT2D eigenvalue weighted by Crippen LogP contribution is 2.42. The number of likely N-dealkylation sites (N-methyl/N-ethyl adjacent to an activating group) is 1. The van der Waals surface area contributed by atoms with E-state index >= 15 is 0 Å². The number of likely N-dealkylation sites (tertiary alicyclic amines) is 1. The molecule has 3 heterocycles. The van der Waals surface area contributed by atoms with Crippen molar-refractivity contribution in [3.8, 4) is 5.75 Å². The number of hydrogen-bond acceptors (Lipinski definition) is 7. The second-order valence-electron chi connectivity index (χ2n) is 8.41. The molecule has 0 aliphatic carbocycles. The number of carboxylic acid groups (broad SMARTS) is 2. The topological polar surface area (TPSA) is 112 Å². The zero-order valence-corrected chi connectivity index (χ0v) is 19.9. The first-order valence-corrected chi connectivity index (χ1v) is 11.3. The highest BCUT2D eigenvalue weighted by molar-refractivity contribution is 5.41. The molecule has 0 amide bonds. The molecule has 2 aliphatic heterocycles. The molecular formula is C25H35N3O6. The summed E-state index contributed by atoms with van der Waals surface area (Å²) in [5, 5.41) is 13.8. The fourth-order valence-electron chi connectivity index (χ4n) is 4.32. The van der Waals surface area contributed by atoms with Crippen molar-refractivity contribution in [3.63, 3.8) is 0 Å². The SMILES string of the molecule is CN(C)CCOc1ccc2c(c1)CCOC21CCN(Cc2ccncc2)CC1.O=CO.O=CO. The van der Waals surface area contributed by atoms with Gasteiger partial charge in [-0.25, -0.2) is 0 Å². The molecular weight excluding hydrogens is 438 g/mol. The average molecular weight is 474 g/mol. The molecule has 0 bridgehead atoms. The van der Waals surface area contributed by atoms with E-state index < -0.39 is 0 Å². The maximum Gasteiger partial charge on any atom is 0.290 e. The summed E-state index contributed by atoms with van der Waals surface area (Å²) in [6.45, 7) is 5.06. The lowest BCUT2D eigenvalue weighted by molar-refractivity contribution is -0.123. The van der Waals surface area contributed by atoms with Gasteiger partial charge in [0.25, 0.3) is 12.9 Å². The number of fused-ring (bicyclic) bond motifs is 2. The Morgan fingerprint density at radius 1 is 1.12 bits per heavy atom. The van der Waals surface area contributed by atoms with Crippen molar-refractivity contribution in [2.45, 2.75) is 31.4 Å². The predicted octanol–water partition coefficient (Wildman–Crippen LogP) is 2.49. The number of ether oxygens (including phenoxy) is 2. The van der Waals surface area contributed by atoms with Crippen molar-refractivity contribution >= 4 is 12.9 Å². The van der Waals surface area contributed by atoms with Gasteiger partial charge < -0.3 is 24.6 Å². The van der Waals surface area contributed by atoms with Gasteiger partial charge in [-0.1, -0.05) is 6.07 Å². The average Bonchev–Trinajstić information content (AvgIpc) is 2.82. The van der Waals surface area contributed by atoms with Crippen molar-refractivity contribution in [1.82, 2.24) is 14.8 Å². The Labute approximate surface area is 200 Å². The molecule has 2 aliphatic rings. The summed E-state index contributed by atoms with van der Waals surface area (Å²) in [5.74, 6) is 0.979. The van der Waals surface area contributed by atoms with Crippen LogP contribution in [0, 0.1) is 0 Å². The van der Waals surface area contributed by atoms with Crippen molar-refractivity contribution in [3.05, 3.63) is 59.4 Å². The van der Waals surface area contributed by atoms with Gasteiger partial charge in [0.2, 0.25) is 0 Å². The van der Waals surface area contributed by atoms with E-state index in [1.807, 2.05) is 12.4 Å². The van der Waals surface area contributed by atoms with Gasteiger partial charge in [-0.15, -0.1) is 0 Å². The highest BCUT2D eigenvalue weighted by Gasteiger charge is 2.40. The number of nitrogens with zero attached hydrogens (tertiary/aromatic N) is 3. The molecule has 1 spiro atoms. The summed E-state index contributed by atoms with van der Waals surface area (Å²) in [4.78, 5) is 25.5. The molecule has 2 N–H and O–H groups in total. The van der Waals surface area contributed by atoms with Crippen LogP contribution in [0.2, 0.25) is 0 Å². The van der Waals surface area contributed by atoms with Crippen LogP contribution < -0.4 is 4.74 Å². The van der Waals surface area contributed by atoms with Crippen molar-refractivity contribution in [1.29, 1.82) is 0 Å². The van der Waals surface area contributed by atoms with Gasteiger partial charge in [0.15, 0.2) is 0 Å². The second-order valence-corrected chi connectivity index (χ2v) is 8.41. The first kappa shape index (κ1) is 27.2. The largest absolute Gasteiger partial charge is 0.492 e. The Bertz CT molecular complexity index is 864. The van der Waals surface area contributed by atoms with Gasteiger partial charge in [0.1, 0.15) is 12.4 Å². The molecule has 1 aromatic carbocycles. The minimum Gasteiger partial charge on any atom is -0.492 e. The van der Waals surface area contributed by atoms with E-state index in [0.717, 1.165) is 64.4 Å². The summed E-state index contributed by atoms with van der Waals surface area (Å²) in [6, 6.07) is 10.8. The summed E-state index contributed by atoms with van der Waals surface area (Å²) >= 11 is 0. The van der Waals surface area contributed by atoms with E-state index in [0.29, 0.717) is 0 Å². The van der Waals surface area contributed by atoms with Gasteiger partial charge in [0, 0.05) is 38.6 Å². The van der Waals surface area contributed by atoms with Crippen LogP contribution in [0.15, 0.2) is 42.7 Å². The third-order valence-electron chi connectivity index (χ3n) is 5.94. The Morgan fingerprint density at radius 2 is 1.76 bits per heavy atom. The molecule has 0 unspecified atom stereocenters. The Morgan fingerprint density at radius 3 is 2.38 bits per heavy atom. The van der Waals surface area contributed by atoms with E-state index in [2.05, 4.69) is 59.2 Å². The summed E-state index contributed by atoms with van der Waals surface area (Å²) in [6.07, 6.45) is 6.82. The normalized spacial score (nSPS) is 16.3. The molecule has 0 saturated carbocycles. The van der Waals surface area contributed by atoms with Crippen LogP contribution in [0.4, 0.5) is 0 Å². The van der Waals surface area contributed by atoms with Gasteiger partial charge in [-0.3, -0.25) is 19.5 Å². The molecule has 2 aromatic rings. The third kappa shape index (κ3) is 8.09. The Kier molecular flexibility index (Phi) is 11.5. The van der Waals surface area contributed by atoms with E-state index in [9.17, 15) is 0 Å². The standard InChI is InChI=1S/C23H31N3O2.2CH2O2/c1-25(2)14-16-27-21-3-4-22-20(17-21)7-15-28-23(22)8-12-26(13-9-23)18-19-5-10-24-11-6-19;2*2-1-3/h3-6,10-11,17H,7-9,12-16,18H2,1-2H3;2*1H,(H,2,3). The highest BCUT2D eigenvalue weighted by atomic mass is 16.5. The maximum atomic E-state index is 8.36. The zero-order chi connectivity index (χ0) is 24.8. The number of rotatable bonds is 6. The third-order valence-corrected chi connectivity index (χ3v) is 5.94. The van der Waals surface area contributed by atoms with Crippen LogP contribution in [0.3, 0.4) is 0 Å². The van der Waals surface area contributed by atoms with Crippen LogP contribution in [-0.2, 0) is 32.9 Å². The van der Waals surface area contributed by atoms with E-state index in [1.54, 1.807) is 0 Å². The van der Waals surface area contributed by atoms with Crippen molar-refractivity contribution < 1.29 is 29.3 Å². The summed E-state index contributed by atoms with van der Waals surface area (Å²) < 4.78 is 12.3. The molecule has 34 heavy (non-hydrogen) atoms. The van der Waals surface area contributed by atoms with Crippen LogP contribution in [0.25, 0.3) is 0 Å². The number of aromatic nitrogens is 1. The van der Waals surface area contributed by atoms with E-state index in [-0.39, 0.29) is 18.5 Å². The molecule has 186 valence electrons. The molecule has 1 aromatic heterocycles.